The van der Waals surface area contributed by atoms with E-state index in [2.05, 4.69) is 25.7 Å². The van der Waals surface area contributed by atoms with Gasteiger partial charge in [0.1, 0.15) is 0 Å². The zero-order valence-electron chi connectivity index (χ0n) is 15.9. The summed E-state index contributed by atoms with van der Waals surface area (Å²) < 4.78 is 7.25. The van der Waals surface area contributed by atoms with Crippen LogP contribution in [-0.4, -0.2) is 47.0 Å². The van der Waals surface area contributed by atoms with Crippen LogP contribution >= 0.6 is 0 Å². The summed E-state index contributed by atoms with van der Waals surface area (Å²) in [4.78, 5) is 8.73. The number of guanidine groups is 1. The van der Waals surface area contributed by atoms with Crippen LogP contribution in [0, 0.1) is 13.8 Å². The fraction of sp³-hybridized carbons (Fsp3) is 0.500. The Morgan fingerprint density at radius 3 is 2.56 bits per heavy atom. The van der Waals surface area contributed by atoms with E-state index in [-0.39, 0.29) is 5.60 Å². The van der Waals surface area contributed by atoms with Crippen molar-refractivity contribution < 1.29 is 4.74 Å². The van der Waals surface area contributed by atoms with Crippen molar-refractivity contribution >= 4 is 5.96 Å². The Morgan fingerprint density at radius 2 is 2.04 bits per heavy atom. The largest absolute Gasteiger partial charge is 0.377 e. The van der Waals surface area contributed by atoms with Crippen molar-refractivity contribution in [1.82, 2.24) is 25.4 Å². The van der Waals surface area contributed by atoms with Crippen molar-refractivity contribution in [2.24, 2.45) is 4.99 Å². The van der Waals surface area contributed by atoms with Crippen molar-refractivity contribution in [1.29, 1.82) is 0 Å². The highest BCUT2D eigenvalue weighted by atomic mass is 16.5. The van der Waals surface area contributed by atoms with Gasteiger partial charge >= 0.3 is 0 Å². The van der Waals surface area contributed by atoms with E-state index in [0.29, 0.717) is 13.1 Å². The van der Waals surface area contributed by atoms with E-state index < -0.39 is 0 Å². The number of nitrogens with zero attached hydrogens (tertiary/aromatic N) is 4. The van der Waals surface area contributed by atoms with Crippen molar-refractivity contribution in [3.63, 3.8) is 0 Å². The van der Waals surface area contributed by atoms with E-state index in [1.165, 1.54) is 0 Å². The maximum Gasteiger partial charge on any atom is 0.191 e. The number of pyridine rings is 1. The molecule has 0 fully saturated rings. The quantitative estimate of drug-likeness (QED) is 0.619. The van der Waals surface area contributed by atoms with Gasteiger partial charge in [-0.2, -0.15) is 5.10 Å². The molecule has 0 saturated heterocycles. The zero-order chi connectivity index (χ0) is 18.4. The summed E-state index contributed by atoms with van der Waals surface area (Å²) in [5.74, 6) is 1.55. The molecule has 7 nitrogen and oxygen atoms in total. The molecule has 0 bridgehead atoms. The first kappa shape index (κ1) is 18.9. The molecule has 0 spiro atoms. The fourth-order valence-electron chi connectivity index (χ4n) is 2.28. The number of nitrogens with one attached hydrogen (secondary N) is 2. The number of hydrogen-bond donors (Lipinski definition) is 2. The van der Waals surface area contributed by atoms with Crippen LogP contribution in [0.15, 0.2) is 29.4 Å². The van der Waals surface area contributed by atoms with Crippen LogP contribution in [0.25, 0.3) is 5.82 Å². The van der Waals surface area contributed by atoms with E-state index in [0.717, 1.165) is 28.7 Å². The molecule has 0 radical (unpaired) electrons. The molecule has 25 heavy (non-hydrogen) atoms. The van der Waals surface area contributed by atoms with E-state index in [1.807, 2.05) is 56.8 Å². The highest BCUT2D eigenvalue weighted by molar-refractivity contribution is 5.79. The molecule has 136 valence electrons. The van der Waals surface area contributed by atoms with Crippen LogP contribution in [0.5, 0.6) is 0 Å². The number of aromatic nitrogens is 3. The molecule has 7 heteroatoms. The van der Waals surface area contributed by atoms with Gasteiger partial charge in [0, 0.05) is 39.1 Å². The summed E-state index contributed by atoms with van der Waals surface area (Å²) in [6.07, 6.45) is 1.85. The van der Waals surface area contributed by atoms with Gasteiger partial charge in [0.2, 0.25) is 0 Å². The Labute approximate surface area is 149 Å². The Morgan fingerprint density at radius 1 is 1.28 bits per heavy atom. The second-order valence-corrected chi connectivity index (χ2v) is 6.61. The number of ether oxygens (including phenoxy) is 1. The van der Waals surface area contributed by atoms with Crippen molar-refractivity contribution in [2.45, 2.75) is 39.8 Å². The van der Waals surface area contributed by atoms with Crippen LogP contribution in [0.1, 0.15) is 30.8 Å². The fourth-order valence-corrected chi connectivity index (χ4v) is 2.28. The van der Waals surface area contributed by atoms with Gasteiger partial charge in [-0.25, -0.2) is 9.67 Å². The lowest BCUT2D eigenvalue weighted by atomic mass is 10.1. The predicted octanol–water partition coefficient (Wildman–Crippen LogP) is 1.97. The summed E-state index contributed by atoms with van der Waals surface area (Å²) in [6.45, 7) is 9.35. The molecule has 2 N–H and O–H groups in total. The van der Waals surface area contributed by atoms with Crippen molar-refractivity contribution in [3.05, 3.63) is 41.3 Å². The highest BCUT2D eigenvalue weighted by Gasteiger charge is 2.16. The Kier molecular flexibility index (Phi) is 6.14. The second kappa shape index (κ2) is 8.11. The minimum absolute atomic E-state index is 0.249. The van der Waals surface area contributed by atoms with Crippen LogP contribution in [0.3, 0.4) is 0 Å². The molecule has 0 amide bonds. The van der Waals surface area contributed by atoms with E-state index >= 15 is 0 Å². The van der Waals surface area contributed by atoms with Gasteiger partial charge in [0.15, 0.2) is 11.8 Å². The molecule has 2 aromatic heterocycles. The van der Waals surface area contributed by atoms with Gasteiger partial charge in [-0.15, -0.1) is 0 Å². The molecule has 0 aliphatic heterocycles. The van der Waals surface area contributed by atoms with Crippen LogP contribution in [0.2, 0.25) is 0 Å². The molecule has 0 aliphatic rings. The summed E-state index contributed by atoms with van der Waals surface area (Å²) in [5.41, 5.74) is 2.87. The molecule has 0 atom stereocenters. The average Bonchev–Trinajstić information content (AvgIpc) is 2.94. The standard InChI is InChI=1S/C18H28N6O/c1-13-9-14(2)24(23-13)16-8-7-15(10-20-16)11-21-17(19-5)22-12-18(3,4)25-6/h7-10H,11-12H2,1-6H3,(H2,19,21,22). The van der Waals surface area contributed by atoms with Crippen LogP contribution < -0.4 is 10.6 Å². The van der Waals surface area contributed by atoms with Crippen LogP contribution in [0.4, 0.5) is 0 Å². The lowest BCUT2D eigenvalue weighted by molar-refractivity contribution is 0.0268. The van der Waals surface area contributed by atoms with E-state index in [4.69, 9.17) is 4.74 Å². The molecule has 0 saturated carbocycles. The Hall–Kier alpha value is -2.41. The smallest absolute Gasteiger partial charge is 0.191 e. The topological polar surface area (TPSA) is 76.4 Å². The van der Waals surface area contributed by atoms with Gasteiger partial charge in [-0.1, -0.05) is 6.07 Å². The van der Waals surface area contributed by atoms with Crippen molar-refractivity contribution in [2.75, 3.05) is 20.7 Å². The summed E-state index contributed by atoms with van der Waals surface area (Å²) in [5, 5.41) is 11.0. The van der Waals surface area contributed by atoms with E-state index in [9.17, 15) is 0 Å². The van der Waals surface area contributed by atoms with Gasteiger partial charge < -0.3 is 15.4 Å². The van der Waals surface area contributed by atoms with Gasteiger partial charge in [0.05, 0.1) is 11.3 Å². The highest BCUT2D eigenvalue weighted by Crippen LogP contribution is 2.10. The first-order valence-electron chi connectivity index (χ1n) is 8.33. The summed E-state index contributed by atoms with van der Waals surface area (Å²) >= 11 is 0. The maximum absolute atomic E-state index is 5.40. The van der Waals surface area contributed by atoms with Gasteiger partial charge in [-0.3, -0.25) is 4.99 Å². The first-order valence-corrected chi connectivity index (χ1v) is 8.33. The monoisotopic (exact) mass is 344 g/mol. The Balaban J connectivity index is 1.93. The van der Waals surface area contributed by atoms with E-state index in [1.54, 1.807) is 14.2 Å². The third-order valence-corrected chi connectivity index (χ3v) is 3.95. The molecule has 0 aliphatic carbocycles. The number of hydrogen-bond acceptors (Lipinski definition) is 4. The molecule has 0 aromatic carbocycles. The average molecular weight is 344 g/mol. The molecular formula is C18H28N6O. The SMILES string of the molecule is CN=C(NCc1ccc(-n2nc(C)cc2C)nc1)NCC(C)(C)OC. The van der Waals surface area contributed by atoms with Crippen LogP contribution in [-0.2, 0) is 11.3 Å². The molecule has 2 rings (SSSR count). The Bertz CT molecular complexity index is 718. The number of methoxy groups -OCH3 is 1. The molecule has 2 aromatic rings. The predicted molar refractivity (Wildman–Crippen MR) is 100 cm³/mol. The molecular weight excluding hydrogens is 316 g/mol. The first-order chi connectivity index (χ1) is 11.8. The van der Waals surface area contributed by atoms with Gasteiger partial charge in [0.25, 0.3) is 0 Å². The summed E-state index contributed by atoms with van der Waals surface area (Å²) in [7, 11) is 3.45. The second-order valence-electron chi connectivity index (χ2n) is 6.61. The normalized spacial score (nSPS) is 12.3. The minimum Gasteiger partial charge on any atom is -0.377 e. The molecule has 0 unspecified atom stereocenters. The lowest BCUT2D eigenvalue weighted by Gasteiger charge is -2.24. The maximum atomic E-state index is 5.40. The molecule has 2 heterocycles. The lowest BCUT2D eigenvalue weighted by Crippen LogP contribution is -2.45. The van der Waals surface area contributed by atoms with Gasteiger partial charge in [-0.05, 0) is 45.4 Å². The zero-order valence-corrected chi connectivity index (χ0v) is 15.9. The number of rotatable bonds is 6. The third-order valence-electron chi connectivity index (χ3n) is 3.95. The van der Waals surface area contributed by atoms with Crippen molar-refractivity contribution in [3.8, 4) is 5.82 Å². The number of aryl methyl sites for hydroxylation is 2. The number of aliphatic imine (C=N–C) groups is 1. The third kappa shape index (κ3) is 5.29. The minimum atomic E-state index is -0.249. The summed E-state index contributed by atoms with van der Waals surface area (Å²) in [6, 6.07) is 6.05.